The van der Waals surface area contributed by atoms with E-state index in [0.717, 1.165) is 27.1 Å². The maximum absolute atomic E-state index is 13.0. The van der Waals surface area contributed by atoms with Crippen molar-refractivity contribution in [1.82, 2.24) is 9.88 Å². The second kappa shape index (κ2) is 10.7. The minimum absolute atomic E-state index is 0. The first-order valence-electron chi connectivity index (χ1n) is 9.13. The highest BCUT2D eigenvalue weighted by molar-refractivity contribution is 7.22. The van der Waals surface area contributed by atoms with Gasteiger partial charge in [0.1, 0.15) is 11.3 Å². The van der Waals surface area contributed by atoms with Gasteiger partial charge in [-0.3, -0.25) is 19.8 Å². The Morgan fingerprint density at radius 3 is 2.58 bits per heavy atom. The largest absolute Gasteiger partial charge is 0.494 e. The monoisotopic (exact) mass is 482 g/mol. The van der Waals surface area contributed by atoms with Gasteiger partial charge in [0.15, 0.2) is 5.13 Å². The molecule has 0 unspecified atom stereocenters. The Hall–Kier alpha value is -2.53. The van der Waals surface area contributed by atoms with Crippen LogP contribution in [0.2, 0.25) is 0 Å². The van der Waals surface area contributed by atoms with Gasteiger partial charge in [-0.25, -0.2) is 4.98 Å². The van der Waals surface area contributed by atoms with Crippen LogP contribution in [0.3, 0.4) is 0 Å². The molecule has 3 rings (SSSR count). The number of thiophene rings is 1. The van der Waals surface area contributed by atoms with Crippen molar-refractivity contribution in [3.63, 3.8) is 0 Å². The van der Waals surface area contributed by atoms with Crippen molar-refractivity contribution >= 4 is 67.4 Å². The molecule has 0 radical (unpaired) electrons. The van der Waals surface area contributed by atoms with E-state index in [-0.39, 0.29) is 23.3 Å². The fourth-order valence-electron chi connectivity index (χ4n) is 2.75. The number of halogens is 1. The molecular formula is C20H23ClN4O4S2. The summed E-state index contributed by atoms with van der Waals surface area (Å²) < 4.78 is 6.40. The molecule has 1 amide bonds. The number of likely N-dealkylation sites (N-methyl/N-ethyl adjacent to an activating group) is 1. The number of hydrogen-bond donors (Lipinski definition) is 0. The molecule has 0 atom stereocenters. The van der Waals surface area contributed by atoms with Crippen molar-refractivity contribution in [3.05, 3.63) is 50.9 Å². The summed E-state index contributed by atoms with van der Waals surface area (Å²) >= 11 is 2.47. The Morgan fingerprint density at radius 1 is 1.23 bits per heavy atom. The summed E-state index contributed by atoms with van der Waals surface area (Å²) in [6.07, 6.45) is 3.03. The summed E-state index contributed by atoms with van der Waals surface area (Å²) in [7, 11) is 5.48. The van der Waals surface area contributed by atoms with E-state index in [9.17, 15) is 14.9 Å². The van der Waals surface area contributed by atoms with E-state index < -0.39 is 4.92 Å². The molecule has 31 heavy (non-hydrogen) atoms. The van der Waals surface area contributed by atoms with Crippen molar-refractivity contribution in [2.75, 3.05) is 39.2 Å². The second-order valence-electron chi connectivity index (χ2n) is 6.82. The Bertz CT molecular complexity index is 1110. The molecule has 1 aromatic carbocycles. The minimum atomic E-state index is -0.440. The van der Waals surface area contributed by atoms with Gasteiger partial charge in [-0.15, -0.1) is 12.4 Å². The van der Waals surface area contributed by atoms with Crippen LogP contribution in [0.4, 0.5) is 10.1 Å². The summed E-state index contributed by atoms with van der Waals surface area (Å²) in [6, 6.07) is 6.90. The number of carbonyl (C=O) groups excluding carboxylic acids is 1. The van der Waals surface area contributed by atoms with Crippen molar-refractivity contribution in [1.29, 1.82) is 0 Å². The van der Waals surface area contributed by atoms with Gasteiger partial charge >= 0.3 is 5.00 Å². The van der Waals surface area contributed by atoms with Gasteiger partial charge in [0.25, 0.3) is 5.91 Å². The molecule has 0 aliphatic rings. The Balaban J connectivity index is 0.00000341. The molecule has 0 fully saturated rings. The van der Waals surface area contributed by atoms with Crippen LogP contribution in [-0.4, -0.2) is 55.0 Å². The van der Waals surface area contributed by atoms with Gasteiger partial charge in [-0.05, 0) is 44.8 Å². The Labute approximate surface area is 194 Å². The summed E-state index contributed by atoms with van der Waals surface area (Å²) in [5.74, 6) is 0.433. The van der Waals surface area contributed by atoms with Crippen LogP contribution in [-0.2, 0) is 4.79 Å². The van der Waals surface area contributed by atoms with E-state index in [1.54, 1.807) is 24.2 Å². The fourth-order valence-corrected chi connectivity index (χ4v) is 4.56. The lowest BCUT2D eigenvalue weighted by molar-refractivity contribution is -0.380. The highest BCUT2D eigenvalue weighted by Gasteiger charge is 2.20. The van der Waals surface area contributed by atoms with Crippen LogP contribution in [0.15, 0.2) is 30.3 Å². The zero-order chi connectivity index (χ0) is 21.8. The number of benzene rings is 1. The molecule has 0 N–H and O–H groups in total. The fraction of sp³-hybridized carbons (Fsp3) is 0.300. The summed E-state index contributed by atoms with van der Waals surface area (Å²) in [5.41, 5.74) is 1.80. The zero-order valence-electron chi connectivity index (χ0n) is 17.5. The van der Waals surface area contributed by atoms with Gasteiger partial charge in [-0.2, -0.15) is 0 Å². The van der Waals surface area contributed by atoms with E-state index in [2.05, 4.69) is 4.98 Å². The topological polar surface area (TPSA) is 88.8 Å². The van der Waals surface area contributed by atoms with Crippen LogP contribution < -0.4 is 9.64 Å². The molecule has 0 bridgehead atoms. The first kappa shape index (κ1) is 24.7. The van der Waals surface area contributed by atoms with Gasteiger partial charge in [0.2, 0.25) is 0 Å². The number of carbonyl (C=O) groups is 1. The number of aryl methyl sites for hydroxylation is 1. The van der Waals surface area contributed by atoms with Gasteiger partial charge in [0.05, 0.1) is 16.7 Å². The van der Waals surface area contributed by atoms with Crippen molar-refractivity contribution in [2.24, 2.45) is 0 Å². The van der Waals surface area contributed by atoms with E-state index >= 15 is 0 Å². The third kappa shape index (κ3) is 5.79. The first-order valence-corrected chi connectivity index (χ1v) is 10.8. The van der Waals surface area contributed by atoms with Gasteiger partial charge in [-0.1, -0.05) is 28.7 Å². The van der Waals surface area contributed by atoms with Crippen molar-refractivity contribution < 1.29 is 14.5 Å². The first-order chi connectivity index (χ1) is 14.3. The van der Waals surface area contributed by atoms with Crippen molar-refractivity contribution in [3.8, 4) is 5.75 Å². The average molecular weight is 483 g/mol. The molecule has 2 aromatic heterocycles. The number of thiazole rings is 1. The second-order valence-corrected chi connectivity index (χ2v) is 8.89. The van der Waals surface area contributed by atoms with Crippen LogP contribution in [0.25, 0.3) is 16.3 Å². The SMILES string of the molecule is COc1ccc(C)c2sc(N(CCN(C)C)C(=O)C=Cc3ccc([N+](=O)[O-])s3)nc12.Cl. The number of aromatic nitrogens is 1. The molecule has 0 aliphatic carbocycles. The number of methoxy groups -OCH3 is 1. The predicted molar refractivity (Wildman–Crippen MR) is 129 cm³/mol. The maximum atomic E-state index is 13.0. The van der Waals surface area contributed by atoms with E-state index in [1.165, 1.54) is 23.5 Å². The molecule has 0 saturated carbocycles. The normalized spacial score (nSPS) is 11.1. The smallest absolute Gasteiger partial charge is 0.324 e. The molecule has 0 aliphatic heterocycles. The lowest BCUT2D eigenvalue weighted by Gasteiger charge is -2.20. The number of anilines is 1. The van der Waals surface area contributed by atoms with E-state index in [1.807, 2.05) is 38.1 Å². The minimum Gasteiger partial charge on any atom is -0.494 e. The zero-order valence-corrected chi connectivity index (χ0v) is 20.0. The lowest BCUT2D eigenvalue weighted by atomic mass is 10.2. The third-order valence-corrected chi connectivity index (χ3v) is 6.58. The number of ether oxygens (including phenoxy) is 1. The molecule has 8 nitrogen and oxygen atoms in total. The molecular weight excluding hydrogens is 460 g/mol. The average Bonchev–Trinajstić information content (AvgIpc) is 3.35. The Morgan fingerprint density at radius 2 is 1.97 bits per heavy atom. The molecule has 11 heteroatoms. The maximum Gasteiger partial charge on any atom is 0.324 e. The standard InChI is InChI=1S/C20H22N4O4S2.ClH/c1-13-5-8-15(28-4)18-19(13)30-20(21-18)23(12-11-22(2)3)16(25)9-6-14-7-10-17(29-14)24(26)27;/h5-10H,11-12H2,1-4H3;1H. The number of nitro groups is 1. The molecule has 2 heterocycles. The highest BCUT2D eigenvalue weighted by atomic mass is 35.5. The number of amides is 1. The van der Waals surface area contributed by atoms with Gasteiger partial charge < -0.3 is 9.64 Å². The molecule has 3 aromatic rings. The highest BCUT2D eigenvalue weighted by Crippen LogP contribution is 2.36. The van der Waals surface area contributed by atoms with Crippen LogP contribution >= 0.6 is 35.1 Å². The number of nitrogens with zero attached hydrogens (tertiary/aromatic N) is 4. The van der Waals surface area contributed by atoms with Crippen LogP contribution in [0.1, 0.15) is 10.4 Å². The number of rotatable bonds is 8. The van der Waals surface area contributed by atoms with Crippen LogP contribution in [0, 0.1) is 17.0 Å². The Kier molecular flexibility index (Phi) is 8.52. The number of hydrogen-bond acceptors (Lipinski definition) is 8. The van der Waals surface area contributed by atoms with Crippen LogP contribution in [0.5, 0.6) is 5.75 Å². The predicted octanol–water partition coefficient (Wildman–Crippen LogP) is 4.61. The summed E-state index contributed by atoms with van der Waals surface area (Å²) in [4.78, 5) is 32.4. The van der Waals surface area contributed by atoms with E-state index in [4.69, 9.17) is 4.74 Å². The quantitative estimate of drug-likeness (QED) is 0.264. The molecule has 0 saturated heterocycles. The molecule has 0 spiro atoms. The summed E-state index contributed by atoms with van der Waals surface area (Å²) in [6.45, 7) is 3.12. The molecule has 166 valence electrons. The third-order valence-electron chi connectivity index (χ3n) is 4.36. The van der Waals surface area contributed by atoms with Crippen molar-refractivity contribution in [2.45, 2.75) is 6.92 Å². The summed E-state index contributed by atoms with van der Waals surface area (Å²) in [5, 5.41) is 11.5. The number of fused-ring (bicyclic) bond motifs is 1. The van der Waals surface area contributed by atoms with Gasteiger partial charge in [0, 0.05) is 30.1 Å². The lowest BCUT2D eigenvalue weighted by Crippen LogP contribution is -2.35. The van der Waals surface area contributed by atoms with E-state index in [0.29, 0.717) is 28.8 Å².